The molecule has 1 amide bonds. The van der Waals surface area contributed by atoms with Gasteiger partial charge in [0.05, 0.1) is 0 Å². The molecule has 62 valence electrons. The average Bonchev–Trinajstić information content (AvgIpc) is 2.30. The zero-order valence-electron chi connectivity index (χ0n) is 7.01. The van der Waals surface area contributed by atoms with Crippen LogP contribution in [-0.4, -0.2) is 25.0 Å². The number of rotatable bonds is 1. The van der Waals surface area contributed by atoms with Crippen LogP contribution >= 0.6 is 0 Å². The minimum absolute atomic E-state index is 0.0144. The third kappa shape index (κ3) is 1.50. The highest BCUT2D eigenvalue weighted by atomic mass is 16.2. The fraction of sp³-hybridized carbons (Fsp3) is 0.714. The number of nitrogens with one attached hydrogen (secondary N) is 2. The molecule has 1 rings (SSSR count). The van der Waals surface area contributed by atoms with Crippen LogP contribution in [0.4, 0.5) is 0 Å². The van der Waals surface area contributed by atoms with E-state index in [9.17, 15) is 4.79 Å². The first-order valence-electron chi connectivity index (χ1n) is 3.69. The van der Waals surface area contributed by atoms with E-state index < -0.39 is 0 Å². The maximum atomic E-state index is 11.1. The van der Waals surface area contributed by atoms with E-state index in [1.54, 1.807) is 7.05 Å². The molecule has 1 heterocycles. The van der Waals surface area contributed by atoms with Gasteiger partial charge in [0.2, 0.25) is 5.91 Å². The molecular formula is C7H13N3O. The van der Waals surface area contributed by atoms with Gasteiger partial charge in [0, 0.05) is 7.05 Å². The van der Waals surface area contributed by atoms with Crippen molar-refractivity contribution in [1.29, 1.82) is 0 Å². The number of carbonyl (C=O) groups is 1. The number of hydrogen-bond donors (Lipinski definition) is 2. The van der Waals surface area contributed by atoms with Gasteiger partial charge in [-0.3, -0.25) is 15.1 Å². The van der Waals surface area contributed by atoms with Gasteiger partial charge in [-0.15, -0.1) is 0 Å². The molecule has 0 aliphatic carbocycles. The second-order valence-corrected chi connectivity index (χ2v) is 2.93. The largest absolute Gasteiger partial charge is 0.344 e. The van der Waals surface area contributed by atoms with Crippen LogP contribution in [0.3, 0.4) is 0 Å². The molecule has 2 N–H and O–H groups in total. The van der Waals surface area contributed by atoms with E-state index in [1.807, 2.05) is 13.8 Å². The van der Waals surface area contributed by atoms with E-state index in [-0.39, 0.29) is 11.9 Å². The molecule has 4 heteroatoms. The van der Waals surface area contributed by atoms with Crippen LogP contribution < -0.4 is 10.6 Å². The van der Waals surface area contributed by atoms with Gasteiger partial charge in [-0.1, -0.05) is 13.8 Å². The van der Waals surface area contributed by atoms with Gasteiger partial charge in [0.1, 0.15) is 6.04 Å². The van der Waals surface area contributed by atoms with Crippen molar-refractivity contribution in [2.75, 3.05) is 7.05 Å². The van der Waals surface area contributed by atoms with Crippen molar-refractivity contribution in [3.63, 3.8) is 0 Å². The number of nitrogens with zero attached hydrogens (tertiary/aromatic N) is 1. The van der Waals surface area contributed by atoms with Gasteiger partial charge in [-0.25, -0.2) is 0 Å². The number of hydrogen-bond acceptors (Lipinski definition) is 2. The lowest BCUT2D eigenvalue weighted by molar-refractivity contribution is -0.120. The molecule has 1 aliphatic heterocycles. The summed E-state index contributed by atoms with van der Waals surface area (Å²) in [4.78, 5) is 15.0. The first-order valence-corrected chi connectivity index (χ1v) is 3.69. The van der Waals surface area contributed by atoms with Crippen LogP contribution in [0.25, 0.3) is 0 Å². The summed E-state index contributed by atoms with van der Waals surface area (Å²) in [7, 11) is 1.64. The van der Waals surface area contributed by atoms with Crippen molar-refractivity contribution in [3.05, 3.63) is 0 Å². The lowest BCUT2D eigenvalue weighted by atomic mass is 10.1. The fourth-order valence-corrected chi connectivity index (χ4v) is 1.03. The van der Waals surface area contributed by atoms with E-state index in [1.165, 1.54) is 0 Å². The van der Waals surface area contributed by atoms with Gasteiger partial charge in [-0.05, 0) is 5.92 Å². The fourth-order valence-electron chi connectivity index (χ4n) is 1.03. The van der Waals surface area contributed by atoms with Gasteiger partial charge in [-0.2, -0.15) is 0 Å². The predicted molar refractivity (Wildman–Crippen MR) is 43.3 cm³/mol. The molecule has 1 aliphatic rings. The van der Waals surface area contributed by atoms with Gasteiger partial charge < -0.3 is 5.32 Å². The Morgan fingerprint density at radius 2 is 2.18 bits per heavy atom. The Morgan fingerprint density at radius 3 is 2.45 bits per heavy atom. The van der Waals surface area contributed by atoms with E-state index in [4.69, 9.17) is 0 Å². The van der Waals surface area contributed by atoms with E-state index in [2.05, 4.69) is 15.6 Å². The number of aliphatic imine (C=N–C) groups is 1. The second-order valence-electron chi connectivity index (χ2n) is 2.93. The number of carbonyl (C=O) groups excluding carboxylic acids is 1. The molecule has 0 aromatic rings. The summed E-state index contributed by atoms with van der Waals surface area (Å²) in [5, 5.41) is 5.61. The Balaban J connectivity index is 2.66. The van der Waals surface area contributed by atoms with Gasteiger partial charge in [0.25, 0.3) is 0 Å². The topological polar surface area (TPSA) is 53.5 Å². The summed E-state index contributed by atoms with van der Waals surface area (Å²) in [5.41, 5.74) is 0. The normalized spacial score (nSPS) is 27.5. The lowest BCUT2D eigenvalue weighted by Crippen LogP contribution is -2.34. The molecule has 0 aromatic heterocycles. The van der Waals surface area contributed by atoms with E-state index in [0.717, 1.165) is 0 Å². The molecule has 1 unspecified atom stereocenters. The van der Waals surface area contributed by atoms with Crippen LogP contribution in [0.15, 0.2) is 4.99 Å². The smallest absolute Gasteiger partial charge is 0.249 e. The van der Waals surface area contributed by atoms with Crippen molar-refractivity contribution < 1.29 is 4.79 Å². The summed E-state index contributed by atoms with van der Waals surface area (Å²) in [6, 6.07) is -0.117. The van der Waals surface area contributed by atoms with Crippen LogP contribution in [0.2, 0.25) is 0 Å². The van der Waals surface area contributed by atoms with Crippen molar-refractivity contribution >= 4 is 11.9 Å². The molecule has 0 spiro atoms. The molecule has 0 bridgehead atoms. The maximum absolute atomic E-state index is 11.1. The summed E-state index contributed by atoms with van der Waals surface area (Å²) in [5.74, 6) is 0.892. The van der Waals surface area contributed by atoms with Gasteiger partial charge in [0.15, 0.2) is 5.96 Å². The zero-order valence-corrected chi connectivity index (χ0v) is 7.01. The molecule has 4 nitrogen and oxygen atoms in total. The van der Waals surface area contributed by atoms with Crippen LogP contribution in [0, 0.1) is 5.92 Å². The first-order chi connectivity index (χ1) is 5.15. The predicted octanol–water partition coefficient (Wildman–Crippen LogP) is -0.284. The highest BCUT2D eigenvalue weighted by Gasteiger charge is 2.29. The molecule has 1 atom stereocenters. The Morgan fingerprint density at radius 1 is 1.55 bits per heavy atom. The third-order valence-corrected chi connectivity index (χ3v) is 1.71. The van der Waals surface area contributed by atoms with E-state index >= 15 is 0 Å². The van der Waals surface area contributed by atoms with Crippen LogP contribution in [0.1, 0.15) is 13.8 Å². The molecule has 11 heavy (non-hydrogen) atoms. The SMILES string of the molecule is CN=C1NC(=O)C(C(C)C)N1. The van der Waals surface area contributed by atoms with Crippen molar-refractivity contribution in [1.82, 2.24) is 10.6 Å². The van der Waals surface area contributed by atoms with Crippen molar-refractivity contribution in [2.45, 2.75) is 19.9 Å². The molecule has 1 saturated heterocycles. The summed E-state index contributed by atoms with van der Waals surface area (Å²) in [6.07, 6.45) is 0. The van der Waals surface area contributed by atoms with Crippen molar-refractivity contribution in [3.8, 4) is 0 Å². The Hall–Kier alpha value is -1.06. The molecule has 0 radical (unpaired) electrons. The van der Waals surface area contributed by atoms with Crippen LogP contribution in [0.5, 0.6) is 0 Å². The molecule has 0 aromatic carbocycles. The summed E-state index contributed by atoms with van der Waals surface area (Å²) in [6.45, 7) is 3.99. The maximum Gasteiger partial charge on any atom is 0.249 e. The minimum atomic E-state index is -0.117. The Labute approximate surface area is 66.1 Å². The highest BCUT2D eigenvalue weighted by molar-refractivity contribution is 6.06. The summed E-state index contributed by atoms with van der Waals surface area (Å²) < 4.78 is 0. The monoisotopic (exact) mass is 155 g/mol. The van der Waals surface area contributed by atoms with Crippen LogP contribution in [-0.2, 0) is 4.79 Å². The van der Waals surface area contributed by atoms with Gasteiger partial charge >= 0.3 is 0 Å². The van der Waals surface area contributed by atoms with E-state index in [0.29, 0.717) is 11.9 Å². The second kappa shape index (κ2) is 2.90. The molecule has 0 saturated carbocycles. The zero-order chi connectivity index (χ0) is 8.43. The number of guanidine groups is 1. The highest BCUT2D eigenvalue weighted by Crippen LogP contribution is 2.04. The standard InChI is InChI=1S/C7H13N3O/c1-4(2)5-6(11)10-7(8-3)9-5/h4-5H,1-3H3,(H2,8,9,10,11). The Bertz CT molecular complexity index is 198. The third-order valence-electron chi connectivity index (χ3n) is 1.71. The molecular weight excluding hydrogens is 142 g/mol. The Kier molecular flexibility index (Phi) is 2.12. The molecule has 1 fully saturated rings. The average molecular weight is 155 g/mol. The first kappa shape index (κ1) is 8.04. The quantitative estimate of drug-likeness (QED) is 0.547. The number of amides is 1. The summed E-state index contributed by atoms with van der Waals surface area (Å²) >= 11 is 0. The van der Waals surface area contributed by atoms with Crippen molar-refractivity contribution in [2.24, 2.45) is 10.9 Å². The minimum Gasteiger partial charge on any atom is -0.344 e. The lowest BCUT2D eigenvalue weighted by Gasteiger charge is -2.10.